The van der Waals surface area contributed by atoms with Gasteiger partial charge in [0.25, 0.3) is 10.0 Å². The molecule has 0 aliphatic carbocycles. The van der Waals surface area contributed by atoms with Crippen LogP contribution in [0.2, 0.25) is 0 Å². The minimum atomic E-state index is -3.64. The summed E-state index contributed by atoms with van der Waals surface area (Å²) in [5.74, 6) is 1.21. The van der Waals surface area contributed by atoms with Crippen LogP contribution in [0.4, 0.5) is 5.69 Å². The van der Waals surface area contributed by atoms with E-state index >= 15 is 0 Å². The summed E-state index contributed by atoms with van der Waals surface area (Å²) in [5, 5.41) is 0. The molecule has 176 valence electrons. The molecular formula is C24H27NO6S2. The standard InChI is InChI=1S/C24H27NO6S2/c1-19-5-13-24(14-6-19)33(28,29)25(2)20-7-9-21(10-8-20)30-17-4-18-31-22-11-15-23(16-12-22)32(3,26)27/h5-16H,4,17-18H2,1-3H3. The summed E-state index contributed by atoms with van der Waals surface area (Å²) >= 11 is 0. The molecule has 3 aromatic carbocycles. The second-order valence-corrected chi connectivity index (χ2v) is 11.6. The lowest BCUT2D eigenvalue weighted by molar-refractivity contribution is 0.247. The number of aryl methyl sites for hydroxylation is 1. The third-order valence-corrected chi connectivity index (χ3v) is 7.89. The van der Waals surface area contributed by atoms with Crippen LogP contribution in [0, 0.1) is 6.92 Å². The Hall–Kier alpha value is -3.04. The fourth-order valence-corrected chi connectivity index (χ4v) is 4.81. The average Bonchev–Trinajstić information content (AvgIpc) is 2.79. The summed E-state index contributed by atoms with van der Waals surface area (Å²) in [6, 6.07) is 19.8. The smallest absolute Gasteiger partial charge is 0.264 e. The SMILES string of the molecule is Cc1ccc(S(=O)(=O)N(C)c2ccc(OCCCOc3ccc(S(C)(=O)=O)cc3)cc2)cc1. The molecule has 0 heterocycles. The fraction of sp³-hybridized carbons (Fsp3) is 0.250. The molecule has 3 aromatic rings. The Morgan fingerprint density at radius 1 is 0.697 bits per heavy atom. The van der Waals surface area contributed by atoms with Gasteiger partial charge >= 0.3 is 0 Å². The summed E-state index contributed by atoms with van der Waals surface area (Å²) in [4.78, 5) is 0.487. The first kappa shape index (κ1) is 24.6. The van der Waals surface area contributed by atoms with Crippen molar-refractivity contribution in [3.05, 3.63) is 78.4 Å². The highest BCUT2D eigenvalue weighted by Crippen LogP contribution is 2.24. The number of nitrogens with zero attached hydrogens (tertiary/aromatic N) is 1. The first-order valence-electron chi connectivity index (χ1n) is 10.3. The van der Waals surface area contributed by atoms with Crippen molar-refractivity contribution in [3.8, 4) is 11.5 Å². The molecule has 0 radical (unpaired) electrons. The van der Waals surface area contributed by atoms with Gasteiger partial charge in [0.15, 0.2) is 9.84 Å². The van der Waals surface area contributed by atoms with Gasteiger partial charge in [-0.3, -0.25) is 4.31 Å². The van der Waals surface area contributed by atoms with E-state index in [1.54, 1.807) is 60.7 Å². The van der Waals surface area contributed by atoms with Gasteiger partial charge in [-0.05, 0) is 67.6 Å². The van der Waals surface area contributed by atoms with Gasteiger partial charge in [0.05, 0.1) is 28.7 Å². The van der Waals surface area contributed by atoms with Crippen LogP contribution < -0.4 is 13.8 Å². The monoisotopic (exact) mass is 489 g/mol. The molecule has 7 nitrogen and oxygen atoms in total. The minimum Gasteiger partial charge on any atom is -0.493 e. The number of benzene rings is 3. The molecule has 3 rings (SSSR count). The van der Waals surface area contributed by atoms with E-state index in [1.165, 1.54) is 23.5 Å². The molecule has 33 heavy (non-hydrogen) atoms. The zero-order chi connectivity index (χ0) is 24.1. The van der Waals surface area contributed by atoms with Gasteiger partial charge in [0, 0.05) is 19.7 Å². The largest absolute Gasteiger partial charge is 0.493 e. The summed E-state index contributed by atoms with van der Waals surface area (Å²) in [6.45, 7) is 2.73. The lowest BCUT2D eigenvalue weighted by Gasteiger charge is -2.20. The Morgan fingerprint density at radius 3 is 1.64 bits per heavy atom. The molecule has 0 amide bonds. The maximum atomic E-state index is 12.8. The van der Waals surface area contributed by atoms with Crippen molar-refractivity contribution < 1.29 is 26.3 Å². The molecular weight excluding hydrogens is 462 g/mol. The Labute approximate surface area is 195 Å². The normalized spacial score (nSPS) is 11.7. The van der Waals surface area contributed by atoms with E-state index in [1.807, 2.05) is 6.92 Å². The topological polar surface area (TPSA) is 90.0 Å². The Morgan fingerprint density at radius 2 is 1.15 bits per heavy atom. The van der Waals surface area contributed by atoms with E-state index < -0.39 is 19.9 Å². The molecule has 0 aromatic heterocycles. The van der Waals surface area contributed by atoms with Crippen LogP contribution in [0.3, 0.4) is 0 Å². The van der Waals surface area contributed by atoms with Gasteiger partial charge in [0.2, 0.25) is 0 Å². The van der Waals surface area contributed by atoms with Crippen LogP contribution >= 0.6 is 0 Å². The zero-order valence-electron chi connectivity index (χ0n) is 18.8. The molecule has 0 saturated heterocycles. The third-order valence-electron chi connectivity index (χ3n) is 4.96. The number of anilines is 1. The van der Waals surface area contributed by atoms with E-state index in [2.05, 4.69) is 0 Å². The van der Waals surface area contributed by atoms with E-state index in [9.17, 15) is 16.8 Å². The molecule has 0 fully saturated rings. The third kappa shape index (κ3) is 6.49. The molecule has 0 bridgehead atoms. The van der Waals surface area contributed by atoms with Gasteiger partial charge in [-0.15, -0.1) is 0 Å². The number of rotatable bonds is 10. The molecule has 0 aliphatic heterocycles. The lowest BCUT2D eigenvalue weighted by Crippen LogP contribution is -2.26. The number of hydrogen-bond donors (Lipinski definition) is 0. The van der Waals surface area contributed by atoms with Crippen LogP contribution in [-0.4, -0.2) is 43.4 Å². The van der Waals surface area contributed by atoms with Crippen molar-refractivity contribution in [3.63, 3.8) is 0 Å². The van der Waals surface area contributed by atoms with Gasteiger partial charge in [-0.2, -0.15) is 0 Å². The number of sulfonamides is 1. The van der Waals surface area contributed by atoms with Crippen molar-refractivity contribution >= 4 is 25.5 Å². The minimum absolute atomic E-state index is 0.238. The molecule has 0 N–H and O–H groups in total. The molecule has 0 saturated carbocycles. The summed E-state index contributed by atoms with van der Waals surface area (Å²) in [7, 11) is -5.35. The number of hydrogen-bond acceptors (Lipinski definition) is 6. The van der Waals surface area contributed by atoms with Crippen LogP contribution in [0.25, 0.3) is 0 Å². The molecule has 0 aliphatic rings. The van der Waals surface area contributed by atoms with Crippen LogP contribution in [0.1, 0.15) is 12.0 Å². The van der Waals surface area contributed by atoms with Crippen LogP contribution in [-0.2, 0) is 19.9 Å². The van der Waals surface area contributed by atoms with Crippen molar-refractivity contribution in [2.75, 3.05) is 30.8 Å². The van der Waals surface area contributed by atoms with Gasteiger partial charge in [-0.25, -0.2) is 16.8 Å². The zero-order valence-corrected chi connectivity index (χ0v) is 20.4. The summed E-state index contributed by atoms with van der Waals surface area (Å²) < 4.78 is 61.1. The van der Waals surface area contributed by atoms with Crippen molar-refractivity contribution in [2.24, 2.45) is 0 Å². The maximum Gasteiger partial charge on any atom is 0.264 e. The van der Waals surface area contributed by atoms with Gasteiger partial charge in [-0.1, -0.05) is 17.7 Å². The van der Waals surface area contributed by atoms with Crippen molar-refractivity contribution in [1.29, 1.82) is 0 Å². The van der Waals surface area contributed by atoms with E-state index in [4.69, 9.17) is 9.47 Å². The quantitative estimate of drug-likeness (QED) is 0.399. The second kappa shape index (κ2) is 10.3. The summed E-state index contributed by atoms with van der Waals surface area (Å²) in [6.07, 6.45) is 1.78. The van der Waals surface area contributed by atoms with E-state index in [0.717, 1.165) is 11.8 Å². The fourth-order valence-electron chi connectivity index (χ4n) is 2.98. The number of ether oxygens (including phenoxy) is 2. The van der Waals surface area contributed by atoms with Crippen LogP contribution in [0.15, 0.2) is 82.6 Å². The van der Waals surface area contributed by atoms with E-state index in [0.29, 0.717) is 36.8 Å². The van der Waals surface area contributed by atoms with Crippen molar-refractivity contribution in [2.45, 2.75) is 23.1 Å². The van der Waals surface area contributed by atoms with Crippen molar-refractivity contribution in [1.82, 2.24) is 0 Å². The Kier molecular flexibility index (Phi) is 7.65. The van der Waals surface area contributed by atoms with E-state index in [-0.39, 0.29) is 9.79 Å². The molecule has 0 atom stereocenters. The molecule has 0 spiro atoms. The highest BCUT2D eigenvalue weighted by atomic mass is 32.2. The first-order chi connectivity index (χ1) is 15.6. The van der Waals surface area contributed by atoms with Gasteiger partial charge in [0.1, 0.15) is 11.5 Å². The predicted octanol–water partition coefficient (Wildman–Crippen LogP) is 4.07. The highest BCUT2D eigenvalue weighted by Gasteiger charge is 2.21. The lowest BCUT2D eigenvalue weighted by atomic mass is 10.2. The number of sulfone groups is 1. The predicted molar refractivity (Wildman–Crippen MR) is 128 cm³/mol. The first-order valence-corrected chi connectivity index (χ1v) is 13.6. The van der Waals surface area contributed by atoms with Crippen LogP contribution in [0.5, 0.6) is 11.5 Å². The van der Waals surface area contributed by atoms with Gasteiger partial charge < -0.3 is 9.47 Å². The Bertz CT molecular complexity index is 1270. The maximum absolute atomic E-state index is 12.8. The molecule has 9 heteroatoms. The second-order valence-electron chi connectivity index (χ2n) is 7.57. The highest BCUT2D eigenvalue weighted by molar-refractivity contribution is 7.92. The summed E-state index contributed by atoms with van der Waals surface area (Å²) in [5.41, 5.74) is 1.53. The Balaban J connectivity index is 1.48. The average molecular weight is 490 g/mol. The molecule has 0 unspecified atom stereocenters.